The van der Waals surface area contributed by atoms with E-state index in [2.05, 4.69) is 20.8 Å². The predicted octanol–water partition coefficient (Wildman–Crippen LogP) is 19.6. The molecule has 0 heteroatoms. The van der Waals surface area contributed by atoms with Gasteiger partial charge >= 0.3 is 0 Å². The van der Waals surface area contributed by atoms with Crippen LogP contribution in [0.25, 0.3) is 0 Å². The van der Waals surface area contributed by atoms with Crippen molar-refractivity contribution in [2.24, 2.45) is 5.92 Å². The molecular weight excluding hydrogens is 601 g/mol. The molecule has 0 saturated heterocycles. The van der Waals surface area contributed by atoms with Crippen LogP contribution in [-0.4, -0.2) is 0 Å². The topological polar surface area (TPSA) is 0 Å². The van der Waals surface area contributed by atoms with Crippen molar-refractivity contribution >= 4 is 0 Å². The second kappa shape index (κ2) is 47.0. The molecule has 0 aliphatic heterocycles. The summed E-state index contributed by atoms with van der Waals surface area (Å²) in [6.07, 6.45) is 68.2. The van der Waals surface area contributed by atoms with Gasteiger partial charge in [-0.15, -0.1) is 0 Å². The summed E-state index contributed by atoms with van der Waals surface area (Å²) < 4.78 is 0. The molecule has 0 spiro atoms. The number of rotatable bonds is 46. The number of hydrogen-bond donors (Lipinski definition) is 0. The van der Waals surface area contributed by atoms with Crippen LogP contribution in [0.15, 0.2) is 0 Å². The highest BCUT2D eigenvalue weighted by molar-refractivity contribution is 4.57. The van der Waals surface area contributed by atoms with E-state index in [-0.39, 0.29) is 0 Å². The fourth-order valence-electron chi connectivity index (χ4n) is 8.35. The van der Waals surface area contributed by atoms with Gasteiger partial charge in [0.25, 0.3) is 0 Å². The highest BCUT2D eigenvalue weighted by atomic mass is 14.1. The highest BCUT2D eigenvalue weighted by Crippen LogP contribution is 2.20. The highest BCUT2D eigenvalue weighted by Gasteiger charge is 2.03. The quantitative estimate of drug-likeness (QED) is 0.0554. The minimum atomic E-state index is 0.963. The second-order valence-corrected chi connectivity index (χ2v) is 17.5. The first-order valence-corrected chi connectivity index (χ1v) is 24.8. The van der Waals surface area contributed by atoms with Crippen LogP contribution in [0.2, 0.25) is 0 Å². The summed E-state index contributed by atoms with van der Waals surface area (Å²) in [6, 6.07) is 0. The van der Waals surface area contributed by atoms with Gasteiger partial charge in [0.15, 0.2) is 0 Å². The van der Waals surface area contributed by atoms with Crippen LogP contribution in [0.4, 0.5) is 0 Å². The van der Waals surface area contributed by atoms with Gasteiger partial charge in [-0.25, -0.2) is 0 Å². The molecule has 0 aromatic rings. The molecule has 0 amide bonds. The van der Waals surface area contributed by atoms with Crippen molar-refractivity contribution in [3.63, 3.8) is 0 Å². The third kappa shape index (κ3) is 46.0. The van der Waals surface area contributed by atoms with Gasteiger partial charge in [-0.3, -0.25) is 0 Å². The Morgan fingerprint density at radius 3 is 0.440 bits per heavy atom. The molecule has 0 nitrogen and oxygen atoms in total. The molecule has 1 atom stereocenters. The van der Waals surface area contributed by atoms with E-state index >= 15 is 0 Å². The van der Waals surface area contributed by atoms with Crippen molar-refractivity contribution in [3.05, 3.63) is 0 Å². The van der Waals surface area contributed by atoms with Crippen molar-refractivity contribution in [2.45, 2.75) is 316 Å². The fraction of sp³-hybridized carbons (Fsp3) is 1.00. The Labute approximate surface area is 321 Å². The standard InChI is InChI=1S/C50H102/c1-4-6-8-10-12-14-16-18-20-22-24-25-26-27-28-29-30-31-33-35-37-39-41-43-45-47-49-50(3)48-46-44-42-40-38-36-34-32-23-21-19-17-15-13-11-9-7-5-2/h50H,4-49H2,1-3H3. The Morgan fingerprint density at radius 2 is 0.300 bits per heavy atom. The first-order valence-electron chi connectivity index (χ1n) is 24.8. The summed E-state index contributed by atoms with van der Waals surface area (Å²) in [6.45, 7) is 7.15. The Kier molecular flexibility index (Phi) is 47.0. The van der Waals surface area contributed by atoms with Crippen LogP contribution in [0.3, 0.4) is 0 Å². The SMILES string of the molecule is CCCCCCCCCCCCCCCCCCCCCCCCCCCCC(C)CCCCCCCCCCCCCCCCCCCC. The normalized spacial score (nSPS) is 12.3. The second-order valence-electron chi connectivity index (χ2n) is 17.5. The number of hydrogen-bond acceptors (Lipinski definition) is 0. The predicted molar refractivity (Wildman–Crippen MR) is 233 cm³/mol. The lowest BCUT2D eigenvalue weighted by atomic mass is 9.95. The van der Waals surface area contributed by atoms with Gasteiger partial charge in [0.2, 0.25) is 0 Å². The van der Waals surface area contributed by atoms with Gasteiger partial charge in [-0.2, -0.15) is 0 Å². The van der Waals surface area contributed by atoms with Crippen molar-refractivity contribution < 1.29 is 0 Å². The maximum absolute atomic E-state index is 2.52. The molecule has 50 heavy (non-hydrogen) atoms. The van der Waals surface area contributed by atoms with E-state index in [0.29, 0.717) is 0 Å². The summed E-state index contributed by atoms with van der Waals surface area (Å²) in [5.41, 5.74) is 0. The van der Waals surface area contributed by atoms with Crippen LogP contribution in [-0.2, 0) is 0 Å². The van der Waals surface area contributed by atoms with Gasteiger partial charge < -0.3 is 0 Å². The first-order chi connectivity index (χ1) is 24.8. The van der Waals surface area contributed by atoms with E-state index in [0.717, 1.165) is 5.92 Å². The van der Waals surface area contributed by atoms with E-state index in [1.54, 1.807) is 0 Å². The lowest BCUT2D eigenvalue weighted by Crippen LogP contribution is -1.95. The van der Waals surface area contributed by atoms with Crippen LogP contribution in [0, 0.1) is 5.92 Å². The monoisotopic (exact) mass is 703 g/mol. The van der Waals surface area contributed by atoms with Gasteiger partial charge in [-0.05, 0) is 5.92 Å². The average molecular weight is 703 g/mol. The third-order valence-electron chi connectivity index (χ3n) is 12.1. The van der Waals surface area contributed by atoms with E-state index in [1.807, 2.05) is 0 Å². The molecule has 0 saturated carbocycles. The molecule has 0 heterocycles. The van der Waals surface area contributed by atoms with Crippen molar-refractivity contribution in [1.29, 1.82) is 0 Å². The molecule has 0 bridgehead atoms. The average Bonchev–Trinajstić information content (AvgIpc) is 3.12. The van der Waals surface area contributed by atoms with Crippen molar-refractivity contribution in [2.75, 3.05) is 0 Å². The Bertz CT molecular complexity index is 550. The molecule has 0 aromatic carbocycles. The van der Waals surface area contributed by atoms with Crippen LogP contribution in [0.1, 0.15) is 316 Å². The summed E-state index contributed by atoms with van der Waals surface area (Å²) >= 11 is 0. The Balaban J connectivity index is 3.13. The van der Waals surface area contributed by atoms with Gasteiger partial charge in [0.1, 0.15) is 0 Å². The maximum Gasteiger partial charge on any atom is -0.0443 e. The zero-order valence-corrected chi connectivity index (χ0v) is 36.1. The van der Waals surface area contributed by atoms with E-state index < -0.39 is 0 Å². The summed E-state index contributed by atoms with van der Waals surface area (Å²) in [4.78, 5) is 0. The minimum absolute atomic E-state index is 0.963. The molecule has 0 N–H and O–H groups in total. The maximum atomic E-state index is 2.52. The summed E-state index contributed by atoms with van der Waals surface area (Å²) in [5, 5.41) is 0. The molecule has 0 aliphatic carbocycles. The molecule has 0 aromatic heterocycles. The number of unbranched alkanes of at least 4 members (excludes halogenated alkanes) is 42. The van der Waals surface area contributed by atoms with Gasteiger partial charge in [-0.1, -0.05) is 316 Å². The summed E-state index contributed by atoms with van der Waals surface area (Å²) in [7, 11) is 0. The van der Waals surface area contributed by atoms with Gasteiger partial charge in [0.05, 0.1) is 0 Å². The molecule has 302 valence electrons. The molecular formula is C50H102. The molecule has 0 rings (SSSR count). The van der Waals surface area contributed by atoms with Gasteiger partial charge in [0, 0.05) is 0 Å². The van der Waals surface area contributed by atoms with Crippen LogP contribution >= 0.6 is 0 Å². The fourth-order valence-corrected chi connectivity index (χ4v) is 8.35. The lowest BCUT2D eigenvalue weighted by Gasteiger charge is -2.11. The van der Waals surface area contributed by atoms with E-state index in [9.17, 15) is 0 Å². The first kappa shape index (κ1) is 50.0. The molecule has 0 aliphatic rings. The van der Waals surface area contributed by atoms with Crippen LogP contribution < -0.4 is 0 Å². The van der Waals surface area contributed by atoms with E-state index in [4.69, 9.17) is 0 Å². The van der Waals surface area contributed by atoms with Crippen LogP contribution in [0.5, 0.6) is 0 Å². The van der Waals surface area contributed by atoms with Crippen molar-refractivity contribution in [3.8, 4) is 0 Å². The smallest absolute Gasteiger partial charge is 0.0443 e. The largest absolute Gasteiger partial charge is 0.0654 e. The molecule has 0 fully saturated rings. The summed E-state index contributed by atoms with van der Waals surface area (Å²) in [5.74, 6) is 0.963. The van der Waals surface area contributed by atoms with E-state index in [1.165, 1.54) is 295 Å². The Morgan fingerprint density at radius 1 is 0.180 bits per heavy atom. The minimum Gasteiger partial charge on any atom is -0.0654 e. The Hall–Kier alpha value is 0. The zero-order chi connectivity index (χ0) is 36.1. The third-order valence-corrected chi connectivity index (χ3v) is 12.1. The molecule has 1 unspecified atom stereocenters. The molecule has 0 radical (unpaired) electrons. The zero-order valence-electron chi connectivity index (χ0n) is 36.1. The van der Waals surface area contributed by atoms with Crippen molar-refractivity contribution in [1.82, 2.24) is 0 Å². The lowest BCUT2D eigenvalue weighted by molar-refractivity contribution is 0.429.